The van der Waals surface area contributed by atoms with E-state index in [0.29, 0.717) is 30.2 Å². The van der Waals surface area contributed by atoms with Crippen LogP contribution in [-0.4, -0.2) is 48.5 Å². The van der Waals surface area contributed by atoms with Crippen molar-refractivity contribution in [1.82, 2.24) is 15.0 Å². The van der Waals surface area contributed by atoms with Crippen LogP contribution in [0, 0.1) is 11.6 Å². The molecule has 7 nitrogen and oxygen atoms in total. The Balaban J connectivity index is 1.55. The summed E-state index contributed by atoms with van der Waals surface area (Å²) in [4.78, 5) is 15.4. The van der Waals surface area contributed by atoms with E-state index in [1.165, 1.54) is 6.07 Å². The summed E-state index contributed by atoms with van der Waals surface area (Å²) in [7, 11) is -3.15. The second kappa shape index (κ2) is 9.38. The third-order valence-corrected chi connectivity index (χ3v) is 6.56. The fourth-order valence-electron chi connectivity index (χ4n) is 3.86. The van der Waals surface area contributed by atoms with E-state index >= 15 is 0 Å². The van der Waals surface area contributed by atoms with Gasteiger partial charge in [0.25, 0.3) is 0 Å². The zero-order valence-corrected chi connectivity index (χ0v) is 19.1. The van der Waals surface area contributed by atoms with Crippen LogP contribution >= 0.6 is 0 Å². The van der Waals surface area contributed by atoms with Gasteiger partial charge in [-0.1, -0.05) is 6.07 Å². The standard InChI is InChI=1S/C23H24F2N4O3S/c1-15-17-14-27-23(20-6-3-4-8-26-20)28-19(17)7-9-29(15)16-12-18(24)22(25)21(13-16)32-10-5-11-33(2,30)31/h3-4,6,8,12-15H,5,7,9-11H2,1-2H3. The van der Waals surface area contributed by atoms with Gasteiger partial charge in [-0.15, -0.1) is 0 Å². The van der Waals surface area contributed by atoms with Gasteiger partial charge in [0, 0.05) is 55.0 Å². The van der Waals surface area contributed by atoms with Crippen molar-refractivity contribution in [2.75, 3.05) is 30.1 Å². The molecule has 3 heterocycles. The molecule has 1 aliphatic heterocycles. The first-order chi connectivity index (χ1) is 15.7. The van der Waals surface area contributed by atoms with Gasteiger partial charge in [-0.25, -0.2) is 22.8 Å². The summed E-state index contributed by atoms with van der Waals surface area (Å²) < 4.78 is 56.5. The molecule has 0 N–H and O–H groups in total. The quantitative estimate of drug-likeness (QED) is 0.482. The zero-order valence-electron chi connectivity index (χ0n) is 18.3. The lowest BCUT2D eigenvalue weighted by molar-refractivity contribution is 0.295. The van der Waals surface area contributed by atoms with Crippen LogP contribution in [0.3, 0.4) is 0 Å². The molecular formula is C23H24F2N4O3S. The fourth-order valence-corrected chi connectivity index (χ4v) is 4.50. The molecule has 10 heteroatoms. The molecule has 174 valence electrons. The van der Waals surface area contributed by atoms with Crippen LogP contribution < -0.4 is 9.64 Å². The van der Waals surface area contributed by atoms with Gasteiger partial charge in [-0.05, 0) is 25.5 Å². The molecule has 0 amide bonds. The molecule has 33 heavy (non-hydrogen) atoms. The molecule has 0 saturated carbocycles. The van der Waals surface area contributed by atoms with Gasteiger partial charge in [0.1, 0.15) is 15.5 Å². The third kappa shape index (κ3) is 5.27. The Bertz CT molecular complexity index is 1260. The number of nitrogens with zero attached hydrogens (tertiary/aromatic N) is 4. The molecule has 1 atom stereocenters. The number of aromatic nitrogens is 3. The molecule has 0 bridgehead atoms. The maximum absolute atomic E-state index is 14.3. The van der Waals surface area contributed by atoms with E-state index in [1.54, 1.807) is 12.4 Å². The third-order valence-electron chi connectivity index (χ3n) is 5.53. The number of halogens is 2. The molecule has 3 aromatic rings. The molecule has 2 aromatic heterocycles. The number of fused-ring (bicyclic) bond motifs is 1. The minimum absolute atomic E-state index is 0.0323. The molecule has 1 unspecified atom stereocenters. The van der Waals surface area contributed by atoms with Crippen molar-refractivity contribution < 1.29 is 21.9 Å². The van der Waals surface area contributed by atoms with Crippen LogP contribution in [0.5, 0.6) is 5.75 Å². The van der Waals surface area contributed by atoms with Crippen LogP contribution in [0.1, 0.15) is 30.6 Å². The van der Waals surface area contributed by atoms with Crippen molar-refractivity contribution in [2.24, 2.45) is 0 Å². The maximum Gasteiger partial charge on any atom is 0.200 e. The van der Waals surface area contributed by atoms with Crippen molar-refractivity contribution >= 4 is 15.5 Å². The van der Waals surface area contributed by atoms with Crippen LogP contribution in [0.4, 0.5) is 14.5 Å². The number of anilines is 1. The molecule has 0 aliphatic carbocycles. The van der Waals surface area contributed by atoms with Gasteiger partial charge in [-0.3, -0.25) is 4.98 Å². The normalized spacial score (nSPS) is 15.9. The minimum Gasteiger partial charge on any atom is -0.490 e. The number of sulfone groups is 1. The summed E-state index contributed by atoms with van der Waals surface area (Å²) in [5.74, 6) is -1.89. The van der Waals surface area contributed by atoms with Gasteiger partial charge in [-0.2, -0.15) is 4.39 Å². The monoisotopic (exact) mass is 474 g/mol. The van der Waals surface area contributed by atoms with E-state index in [9.17, 15) is 17.2 Å². The predicted octanol–water partition coefficient (Wildman–Crippen LogP) is 3.75. The Kier molecular flexibility index (Phi) is 6.55. The Morgan fingerprint density at radius 1 is 1.21 bits per heavy atom. The van der Waals surface area contributed by atoms with E-state index in [1.807, 2.05) is 30.0 Å². The van der Waals surface area contributed by atoms with Crippen molar-refractivity contribution in [3.63, 3.8) is 0 Å². The molecule has 0 radical (unpaired) electrons. The molecule has 0 spiro atoms. The summed E-state index contributed by atoms with van der Waals surface area (Å²) in [6, 6.07) is 7.97. The van der Waals surface area contributed by atoms with Crippen LogP contribution in [-0.2, 0) is 16.3 Å². The van der Waals surface area contributed by atoms with Crippen molar-refractivity contribution in [2.45, 2.75) is 25.8 Å². The highest BCUT2D eigenvalue weighted by molar-refractivity contribution is 7.90. The Morgan fingerprint density at radius 3 is 2.76 bits per heavy atom. The second-order valence-electron chi connectivity index (χ2n) is 8.00. The highest BCUT2D eigenvalue weighted by Crippen LogP contribution is 2.36. The number of hydrogen-bond donors (Lipinski definition) is 0. The summed E-state index contributed by atoms with van der Waals surface area (Å²) in [6.45, 7) is 2.47. The number of benzene rings is 1. The number of hydrogen-bond acceptors (Lipinski definition) is 7. The summed E-state index contributed by atoms with van der Waals surface area (Å²) >= 11 is 0. The van der Waals surface area contributed by atoms with E-state index in [0.717, 1.165) is 23.6 Å². The maximum atomic E-state index is 14.3. The average Bonchev–Trinajstić information content (AvgIpc) is 2.79. The van der Waals surface area contributed by atoms with Crippen LogP contribution in [0.15, 0.2) is 42.7 Å². The minimum atomic E-state index is -3.15. The number of rotatable bonds is 7. The van der Waals surface area contributed by atoms with Gasteiger partial charge >= 0.3 is 0 Å². The summed E-state index contributed by atoms with van der Waals surface area (Å²) in [6.07, 6.45) is 5.35. The van der Waals surface area contributed by atoms with Crippen molar-refractivity contribution in [3.05, 3.63) is 65.6 Å². The zero-order chi connectivity index (χ0) is 23.6. The lowest BCUT2D eigenvalue weighted by Gasteiger charge is -2.36. The topological polar surface area (TPSA) is 85.3 Å². The first-order valence-corrected chi connectivity index (χ1v) is 12.6. The lowest BCUT2D eigenvalue weighted by Crippen LogP contribution is -2.35. The number of pyridine rings is 1. The lowest BCUT2D eigenvalue weighted by atomic mass is 9.98. The predicted molar refractivity (Wildman–Crippen MR) is 121 cm³/mol. The van der Waals surface area contributed by atoms with Crippen molar-refractivity contribution in [1.29, 1.82) is 0 Å². The van der Waals surface area contributed by atoms with Gasteiger partial charge in [0.2, 0.25) is 5.82 Å². The highest BCUT2D eigenvalue weighted by atomic mass is 32.2. The first kappa shape index (κ1) is 23.0. The second-order valence-corrected chi connectivity index (χ2v) is 10.3. The molecule has 4 rings (SSSR count). The van der Waals surface area contributed by atoms with Gasteiger partial charge in [0.15, 0.2) is 17.4 Å². The van der Waals surface area contributed by atoms with Crippen LogP contribution in [0.25, 0.3) is 11.5 Å². The summed E-state index contributed by atoms with van der Waals surface area (Å²) in [5.41, 5.74) is 2.96. The van der Waals surface area contributed by atoms with Gasteiger partial charge < -0.3 is 9.64 Å². The largest absolute Gasteiger partial charge is 0.490 e. The van der Waals surface area contributed by atoms with E-state index in [4.69, 9.17) is 4.74 Å². The smallest absolute Gasteiger partial charge is 0.200 e. The Hall–Kier alpha value is -3.14. The van der Waals surface area contributed by atoms with E-state index in [-0.39, 0.29) is 30.6 Å². The molecule has 1 aliphatic rings. The van der Waals surface area contributed by atoms with E-state index < -0.39 is 21.5 Å². The van der Waals surface area contributed by atoms with Crippen molar-refractivity contribution in [3.8, 4) is 17.3 Å². The molecule has 0 saturated heterocycles. The van der Waals surface area contributed by atoms with Gasteiger partial charge in [0.05, 0.1) is 24.1 Å². The molecule has 1 aromatic carbocycles. The summed E-state index contributed by atoms with van der Waals surface area (Å²) in [5, 5.41) is 0. The number of ether oxygens (including phenoxy) is 1. The Morgan fingerprint density at radius 2 is 2.03 bits per heavy atom. The first-order valence-electron chi connectivity index (χ1n) is 10.6. The SMILES string of the molecule is CC1c2cnc(-c3ccccn3)nc2CCN1c1cc(F)c(F)c(OCCCS(C)(=O)=O)c1. The van der Waals surface area contributed by atoms with E-state index in [2.05, 4.69) is 15.0 Å². The highest BCUT2D eigenvalue weighted by Gasteiger charge is 2.28. The molecule has 0 fully saturated rings. The Labute approximate surface area is 191 Å². The van der Waals surface area contributed by atoms with Crippen LogP contribution in [0.2, 0.25) is 0 Å². The average molecular weight is 475 g/mol. The fraction of sp³-hybridized carbons (Fsp3) is 0.348. The molecular weight excluding hydrogens is 450 g/mol.